The van der Waals surface area contributed by atoms with Crippen LogP contribution in [0, 0.1) is 0 Å². The smallest absolute Gasteiger partial charge is 0.435 e. The fourth-order valence-electron chi connectivity index (χ4n) is 1.51. The molecule has 2 heterocycles. The Morgan fingerprint density at radius 1 is 1.45 bits per heavy atom. The number of hydrogen-bond donors (Lipinski definition) is 1. The minimum Gasteiger partial charge on any atom is -0.465 e. The summed E-state index contributed by atoms with van der Waals surface area (Å²) in [5.74, 6) is -0.870. The van der Waals surface area contributed by atoms with E-state index in [9.17, 15) is 18.0 Å². The standard InChI is InChI=1S/C11H9F3N4O2/c1-20-10(19)7-4-6(15)5-16-9(7)18-3-2-8(17-18)11(12,13)14/h2-5H,15H2,1H3. The number of carbonyl (C=O) groups excluding carboxylic acids is 1. The average Bonchev–Trinajstić information content (AvgIpc) is 2.87. The number of nitrogens with two attached hydrogens (primary N) is 1. The zero-order valence-corrected chi connectivity index (χ0v) is 10.2. The summed E-state index contributed by atoms with van der Waals surface area (Å²) in [6.45, 7) is 0. The number of halogens is 3. The number of aromatic nitrogens is 3. The summed E-state index contributed by atoms with van der Waals surface area (Å²) in [6.07, 6.45) is -2.32. The van der Waals surface area contributed by atoms with Gasteiger partial charge in [0.25, 0.3) is 0 Å². The van der Waals surface area contributed by atoms with Crippen molar-refractivity contribution in [2.75, 3.05) is 12.8 Å². The fraction of sp³-hybridized carbons (Fsp3) is 0.182. The Morgan fingerprint density at radius 3 is 2.70 bits per heavy atom. The third-order valence-electron chi connectivity index (χ3n) is 2.39. The number of anilines is 1. The molecule has 2 aromatic rings. The third kappa shape index (κ3) is 2.56. The molecule has 6 nitrogen and oxygen atoms in total. The predicted octanol–water partition coefficient (Wildman–Crippen LogP) is 1.65. The molecule has 2 aromatic heterocycles. The summed E-state index contributed by atoms with van der Waals surface area (Å²) in [5.41, 5.74) is 4.50. The van der Waals surface area contributed by atoms with Crippen molar-refractivity contribution in [2.24, 2.45) is 0 Å². The number of carbonyl (C=O) groups is 1. The number of ether oxygens (including phenoxy) is 1. The van der Waals surface area contributed by atoms with Gasteiger partial charge in [0.2, 0.25) is 0 Å². The molecular formula is C11H9F3N4O2. The molecule has 9 heteroatoms. The van der Waals surface area contributed by atoms with Gasteiger partial charge in [-0.3, -0.25) is 0 Å². The first-order valence-corrected chi connectivity index (χ1v) is 5.30. The molecule has 0 saturated carbocycles. The largest absolute Gasteiger partial charge is 0.465 e. The van der Waals surface area contributed by atoms with Gasteiger partial charge in [0.1, 0.15) is 5.56 Å². The minimum absolute atomic E-state index is 0.0793. The number of nitrogen functional groups attached to an aromatic ring is 1. The van der Waals surface area contributed by atoms with E-state index in [-0.39, 0.29) is 17.1 Å². The Hall–Kier alpha value is -2.58. The Kier molecular flexibility index (Phi) is 3.35. The summed E-state index contributed by atoms with van der Waals surface area (Å²) in [6, 6.07) is 2.03. The molecule has 0 aliphatic carbocycles. The monoisotopic (exact) mass is 286 g/mol. The maximum atomic E-state index is 12.5. The minimum atomic E-state index is -4.58. The van der Waals surface area contributed by atoms with Crippen LogP contribution in [0.1, 0.15) is 16.1 Å². The second-order valence-electron chi connectivity index (χ2n) is 3.77. The van der Waals surface area contributed by atoms with Crippen molar-refractivity contribution in [1.29, 1.82) is 0 Å². The van der Waals surface area contributed by atoms with Gasteiger partial charge >= 0.3 is 12.1 Å². The van der Waals surface area contributed by atoms with Crippen molar-refractivity contribution >= 4 is 11.7 Å². The van der Waals surface area contributed by atoms with Crippen LogP contribution in [0.5, 0.6) is 0 Å². The molecule has 0 aliphatic heterocycles. The van der Waals surface area contributed by atoms with E-state index in [2.05, 4.69) is 14.8 Å². The number of pyridine rings is 1. The summed E-state index contributed by atoms with van der Waals surface area (Å²) in [5, 5.41) is 3.34. The number of nitrogens with zero attached hydrogens (tertiary/aromatic N) is 3. The van der Waals surface area contributed by atoms with E-state index in [0.717, 1.165) is 24.1 Å². The highest BCUT2D eigenvalue weighted by atomic mass is 19.4. The van der Waals surface area contributed by atoms with Crippen molar-refractivity contribution in [2.45, 2.75) is 6.18 Å². The topological polar surface area (TPSA) is 83.0 Å². The van der Waals surface area contributed by atoms with Gasteiger partial charge in [-0.15, -0.1) is 0 Å². The van der Waals surface area contributed by atoms with Crippen LogP contribution < -0.4 is 5.73 Å². The molecule has 0 atom stereocenters. The first kappa shape index (κ1) is 13.8. The molecular weight excluding hydrogens is 277 g/mol. The van der Waals surface area contributed by atoms with Gasteiger partial charge in [-0.25, -0.2) is 14.5 Å². The molecule has 0 fully saturated rings. The molecule has 106 valence electrons. The van der Waals surface area contributed by atoms with E-state index >= 15 is 0 Å². The van der Waals surface area contributed by atoms with E-state index in [0.29, 0.717) is 0 Å². The molecule has 0 aromatic carbocycles. The Bertz CT molecular complexity index is 651. The zero-order chi connectivity index (χ0) is 14.9. The molecule has 0 saturated heterocycles. The lowest BCUT2D eigenvalue weighted by Gasteiger charge is -2.08. The SMILES string of the molecule is COC(=O)c1cc(N)cnc1-n1ccc(C(F)(F)F)n1. The van der Waals surface area contributed by atoms with Crippen LogP contribution in [0.25, 0.3) is 5.82 Å². The summed E-state index contributed by atoms with van der Waals surface area (Å²) < 4.78 is 42.9. The van der Waals surface area contributed by atoms with Crippen LogP contribution >= 0.6 is 0 Å². The van der Waals surface area contributed by atoms with E-state index in [4.69, 9.17) is 5.73 Å². The highest BCUT2D eigenvalue weighted by Gasteiger charge is 2.34. The second kappa shape index (κ2) is 4.83. The number of esters is 1. The van der Waals surface area contributed by atoms with E-state index in [1.807, 2.05) is 0 Å². The lowest BCUT2D eigenvalue weighted by atomic mass is 10.2. The molecule has 0 bridgehead atoms. The summed E-state index contributed by atoms with van der Waals surface area (Å²) >= 11 is 0. The van der Waals surface area contributed by atoms with Crippen LogP contribution in [-0.4, -0.2) is 27.8 Å². The number of rotatable bonds is 2. The van der Waals surface area contributed by atoms with Gasteiger partial charge < -0.3 is 10.5 Å². The maximum absolute atomic E-state index is 12.5. The summed E-state index contributed by atoms with van der Waals surface area (Å²) in [4.78, 5) is 15.4. The fourth-order valence-corrected chi connectivity index (χ4v) is 1.51. The van der Waals surface area contributed by atoms with Gasteiger partial charge in [-0.1, -0.05) is 0 Å². The average molecular weight is 286 g/mol. The molecule has 2 N–H and O–H groups in total. The molecule has 0 spiro atoms. The lowest BCUT2D eigenvalue weighted by Crippen LogP contribution is -2.12. The van der Waals surface area contributed by atoms with Crippen LogP contribution in [0.2, 0.25) is 0 Å². The number of alkyl halides is 3. The van der Waals surface area contributed by atoms with E-state index in [1.165, 1.54) is 12.3 Å². The first-order chi connectivity index (χ1) is 9.32. The Balaban J connectivity index is 2.52. The van der Waals surface area contributed by atoms with Gasteiger partial charge in [0.05, 0.1) is 19.0 Å². The van der Waals surface area contributed by atoms with Crippen molar-refractivity contribution in [3.8, 4) is 5.82 Å². The van der Waals surface area contributed by atoms with Crippen molar-refractivity contribution in [3.05, 3.63) is 35.8 Å². The predicted molar refractivity (Wildman–Crippen MR) is 62.1 cm³/mol. The zero-order valence-electron chi connectivity index (χ0n) is 10.2. The Morgan fingerprint density at radius 2 is 2.15 bits per heavy atom. The van der Waals surface area contributed by atoms with E-state index in [1.54, 1.807) is 0 Å². The third-order valence-corrected chi connectivity index (χ3v) is 2.39. The highest BCUT2D eigenvalue weighted by Crippen LogP contribution is 2.28. The molecule has 0 unspecified atom stereocenters. The van der Waals surface area contributed by atoms with Crippen molar-refractivity contribution in [3.63, 3.8) is 0 Å². The molecule has 20 heavy (non-hydrogen) atoms. The number of methoxy groups -OCH3 is 1. The van der Waals surface area contributed by atoms with Gasteiger partial charge in [-0.05, 0) is 12.1 Å². The molecule has 0 amide bonds. The lowest BCUT2D eigenvalue weighted by molar-refractivity contribution is -0.141. The summed E-state index contributed by atoms with van der Waals surface area (Å²) in [7, 11) is 1.14. The van der Waals surface area contributed by atoms with Crippen LogP contribution in [0.3, 0.4) is 0 Å². The van der Waals surface area contributed by atoms with Crippen LogP contribution in [0.15, 0.2) is 24.5 Å². The maximum Gasteiger partial charge on any atom is 0.435 e. The number of hydrogen-bond acceptors (Lipinski definition) is 5. The normalized spacial score (nSPS) is 11.4. The van der Waals surface area contributed by atoms with Crippen molar-refractivity contribution in [1.82, 2.24) is 14.8 Å². The highest BCUT2D eigenvalue weighted by molar-refractivity contribution is 5.93. The molecule has 0 aliphatic rings. The van der Waals surface area contributed by atoms with Gasteiger partial charge in [0, 0.05) is 6.20 Å². The van der Waals surface area contributed by atoms with E-state index < -0.39 is 17.8 Å². The Labute approximate surface area is 111 Å². The van der Waals surface area contributed by atoms with Crippen LogP contribution in [-0.2, 0) is 10.9 Å². The first-order valence-electron chi connectivity index (χ1n) is 5.30. The molecule has 2 rings (SSSR count). The van der Waals surface area contributed by atoms with Gasteiger partial charge in [-0.2, -0.15) is 18.3 Å². The van der Waals surface area contributed by atoms with Crippen LogP contribution in [0.4, 0.5) is 18.9 Å². The second-order valence-corrected chi connectivity index (χ2v) is 3.77. The molecule has 0 radical (unpaired) electrons. The van der Waals surface area contributed by atoms with Gasteiger partial charge in [0.15, 0.2) is 11.5 Å². The quantitative estimate of drug-likeness (QED) is 0.849. The van der Waals surface area contributed by atoms with Crippen molar-refractivity contribution < 1.29 is 22.7 Å².